The monoisotopic (exact) mass is 319 g/mol. The molecule has 8 heteroatoms. The molecule has 0 bridgehead atoms. The summed E-state index contributed by atoms with van der Waals surface area (Å²) in [6.45, 7) is 1.47. The van der Waals surface area contributed by atoms with E-state index in [0.717, 1.165) is 6.07 Å². The van der Waals surface area contributed by atoms with E-state index in [4.69, 9.17) is 10.2 Å². The number of nitrogens with two attached hydrogens (primary N) is 1. The van der Waals surface area contributed by atoms with Crippen LogP contribution in [0, 0.1) is 5.82 Å². The van der Waals surface area contributed by atoms with E-state index in [1.54, 1.807) is 0 Å². The van der Waals surface area contributed by atoms with Gasteiger partial charge in [-0.05, 0) is 31.2 Å². The standard InChI is InChI=1S/C15H14FN3O4/c1-8(18-15(22)9-4-5-23-7-9)14(21)19-10-2-3-11(13(17)20)12(16)6-10/h2-8H,1H3,(H2,17,20)(H,18,22)(H,19,21). The first-order valence-electron chi connectivity index (χ1n) is 6.61. The summed E-state index contributed by atoms with van der Waals surface area (Å²) in [4.78, 5) is 34.7. The van der Waals surface area contributed by atoms with Crippen molar-refractivity contribution in [2.24, 2.45) is 5.73 Å². The Balaban J connectivity index is 1.99. The first-order valence-corrected chi connectivity index (χ1v) is 6.61. The van der Waals surface area contributed by atoms with E-state index >= 15 is 0 Å². The van der Waals surface area contributed by atoms with Crippen LogP contribution in [0.15, 0.2) is 41.2 Å². The van der Waals surface area contributed by atoms with Crippen molar-refractivity contribution in [2.75, 3.05) is 5.32 Å². The number of rotatable bonds is 5. The van der Waals surface area contributed by atoms with Crippen LogP contribution in [0.25, 0.3) is 0 Å². The number of halogens is 1. The molecule has 0 saturated heterocycles. The maximum atomic E-state index is 13.6. The predicted molar refractivity (Wildman–Crippen MR) is 79.2 cm³/mol. The van der Waals surface area contributed by atoms with E-state index in [1.165, 1.54) is 37.6 Å². The zero-order valence-corrected chi connectivity index (χ0v) is 12.1. The summed E-state index contributed by atoms with van der Waals surface area (Å²) in [6.07, 6.45) is 2.58. The van der Waals surface area contributed by atoms with Gasteiger partial charge in [-0.3, -0.25) is 14.4 Å². The van der Waals surface area contributed by atoms with Crippen LogP contribution in [0.4, 0.5) is 10.1 Å². The molecule has 1 aromatic heterocycles. The minimum absolute atomic E-state index is 0.141. The Morgan fingerprint density at radius 3 is 2.57 bits per heavy atom. The Morgan fingerprint density at radius 1 is 1.26 bits per heavy atom. The molecule has 0 radical (unpaired) electrons. The van der Waals surface area contributed by atoms with Crippen LogP contribution < -0.4 is 16.4 Å². The minimum atomic E-state index is -0.902. The van der Waals surface area contributed by atoms with E-state index in [9.17, 15) is 18.8 Å². The van der Waals surface area contributed by atoms with Gasteiger partial charge in [0.15, 0.2) is 0 Å². The van der Waals surface area contributed by atoms with E-state index in [-0.39, 0.29) is 16.8 Å². The third-order valence-corrected chi connectivity index (χ3v) is 3.03. The molecule has 120 valence electrons. The maximum Gasteiger partial charge on any atom is 0.255 e. The zero-order chi connectivity index (χ0) is 17.0. The highest BCUT2D eigenvalue weighted by Crippen LogP contribution is 2.14. The largest absolute Gasteiger partial charge is 0.472 e. The van der Waals surface area contributed by atoms with Gasteiger partial charge in [0.1, 0.15) is 18.1 Å². The molecule has 7 nitrogen and oxygen atoms in total. The molecule has 3 amide bonds. The first kappa shape index (κ1) is 16.2. The number of anilines is 1. The van der Waals surface area contributed by atoms with E-state index in [2.05, 4.69) is 10.6 Å². The Hall–Kier alpha value is -3.16. The summed E-state index contributed by atoms with van der Waals surface area (Å²) in [6, 6.07) is 4.07. The van der Waals surface area contributed by atoms with Crippen molar-refractivity contribution in [3.63, 3.8) is 0 Å². The molecular weight excluding hydrogens is 305 g/mol. The van der Waals surface area contributed by atoms with Crippen molar-refractivity contribution in [2.45, 2.75) is 13.0 Å². The van der Waals surface area contributed by atoms with Gasteiger partial charge >= 0.3 is 0 Å². The van der Waals surface area contributed by atoms with Crippen molar-refractivity contribution in [3.05, 3.63) is 53.7 Å². The molecular formula is C15H14FN3O4. The van der Waals surface area contributed by atoms with Crippen LogP contribution >= 0.6 is 0 Å². The van der Waals surface area contributed by atoms with Gasteiger partial charge in [0, 0.05) is 5.69 Å². The van der Waals surface area contributed by atoms with Gasteiger partial charge in [0.25, 0.3) is 11.8 Å². The molecule has 1 unspecified atom stereocenters. The molecule has 23 heavy (non-hydrogen) atoms. The molecule has 0 saturated carbocycles. The van der Waals surface area contributed by atoms with Crippen LogP contribution in [0.1, 0.15) is 27.6 Å². The smallest absolute Gasteiger partial charge is 0.255 e. The molecule has 0 aliphatic heterocycles. The van der Waals surface area contributed by atoms with Crippen LogP contribution in [-0.2, 0) is 4.79 Å². The maximum absolute atomic E-state index is 13.6. The van der Waals surface area contributed by atoms with E-state index in [1.807, 2.05) is 0 Å². The lowest BCUT2D eigenvalue weighted by atomic mass is 10.1. The van der Waals surface area contributed by atoms with Gasteiger partial charge in [-0.2, -0.15) is 0 Å². The van der Waals surface area contributed by atoms with Gasteiger partial charge in [-0.25, -0.2) is 4.39 Å². The molecule has 2 rings (SSSR count). The molecule has 0 fully saturated rings. The average Bonchev–Trinajstić information content (AvgIpc) is 3.01. The third kappa shape index (κ3) is 3.94. The SMILES string of the molecule is CC(NC(=O)c1ccoc1)C(=O)Nc1ccc(C(N)=O)c(F)c1. The van der Waals surface area contributed by atoms with Crippen LogP contribution in [0.5, 0.6) is 0 Å². The fourth-order valence-electron chi connectivity index (χ4n) is 1.78. The Kier molecular flexibility index (Phi) is 4.75. The summed E-state index contributed by atoms with van der Waals surface area (Å²) in [5, 5.41) is 4.90. The summed E-state index contributed by atoms with van der Waals surface area (Å²) < 4.78 is 18.4. The molecule has 4 N–H and O–H groups in total. The number of primary amides is 1. The second-order valence-electron chi connectivity index (χ2n) is 4.76. The lowest BCUT2D eigenvalue weighted by Gasteiger charge is -2.14. The molecule has 1 heterocycles. The van der Waals surface area contributed by atoms with E-state index in [0.29, 0.717) is 0 Å². The third-order valence-electron chi connectivity index (χ3n) is 3.03. The number of carbonyl (C=O) groups is 3. The van der Waals surface area contributed by atoms with Crippen molar-refractivity contribution in [1.82, 2.24) is 5.32 Å². The number of nitrogens with one attached hydrogen (secondary N) is 2. The number of benzene rings is 1. The summed E-state index contributed by atoms with van der Waals surface area (Å²) in [5.41, 5.74) is 5.14. The fourth-order valence-corrected chi connectivity index (χ4v) is 1.78. The van der Waals surface area contributed by atoms with Crippen LogP contribution in [0.2, 0.25) is 0 Å². The summed E-state index contributed by atoms with van der Waals surface area (Å²) >= 11 is 0. The Bertz CT molecular complexity index is 743. The van der Waals surface area contributed by atoms with Crippen LogP contribution in [-0.4, -0.2) is 23.8 Å². The second-order valence-corrected chi connectivity index (χ2v) is 4.76. The van der Waals surface area contributed by atoms with Crippen molar-refractivity contribution in [3.8, 4) is 0 Å². The van der Waals surface area contributed by atoms with Crippen molar-refractivity contribution in [1.29, 1.82) is 0 Å². The van der Waals surface area contributed by atoms with Crippen molar-refractivity contribution >= 4 is 23.4 Å². The molecule has 1 atom stereocenters. The molecule has 1 aromatic carbocycles. The molecule has 0 aliphatic carbocycles. The highest BCUT2D eigenvalue weighted by molar-refractivity contribution is 6.01. The molecule has 0 spiro atoms. The second kappa shape index (κ2) is 6.73. The lowest BCUT2D eigenvalue weighted by Crippen LogP contribution is -2.41. The van der Waals surface area contributed by atoms with Crippen LogP contribution in [0.3, 0.4) is 0 Å². The van der Waals surface area contributed by atoms with Gasteiger partial charge in [0.05, 0.1) is 17.4 Å². The predicted octanol–water partition coefficient (Wildman–Crippen LogP) is 1.27. The van der Waals surface area contributed by atoms with Crippen molar-refractivity contribution < 1.29 is 23.2 Å². The number of amides is 3. The van der Waals surface area contributed by atoms with Gasteiger partial charge < -0.3 is 20.8 Å². The Labute approximate surface area is 130 Å². The molecule has 0 aliphatic rings. The van der Waals surface area contributed by atoms with E-state index < -0.39 is 29.6 Å². The number of furan rings is 1. The zero-order valence-electron chi connectivity index (χ0n) is 12.1. The highest BCUT2D eigenvalue weighted by Gasteiger charge is 2.18. The van der Waals surface area contributed by atoms with Gasteiger partial charge in [-0.15, -0.1) is 0 Å². The Morgan fingerprint density at radius 2 is 2.00 bits per heavy atom. The minimum Gasteiger partial charge on any atom is -0.472 e. The normalized spacial score (nSPS) is 11.6. The van der Waals surface area contributed by atoms with Gasteiger partial charge in [0.2, 0.25) is 5.91 Å². The quantitative estimate of drug-likeness (QED) is 0.770. The summed E-state index contributed by atoms with van der Waals surface area (Å²) in [7, 11) is 0. The summed E-state index contributed by atoms with van der Waals surface area (Å²) in [5.74, 6) is -2.77. The lowest BCUT2D eigenvalue weighted by molar-refractivity contribution is -0.117. The topological polar surface area (TPSA) is 114 Å². The highest BCUT2D eigenvalue weighted by atomic mass is 19.1. The number of carbonyl (C=O) groups excluding carboxylic acids is 3. The number of hydrogen-bond donors (Lipinski definition) is 3. The molecule has 2 aromatic rings. The van der Waals surface area contributed by atoms with Gasteiger partial charge in [-0.1, -0.05) is 0 Å². The fraction of sp³-hybridized carbons (Fsp3) is 0.133. The average molecular weight is 319 g/mol. The first-order chi connectivity index (χ1) is 10.9. The number of hydrogen-bond acceptors (Lipinski definition) is 4.